The lowest BCUT2D eigenvalue weighted by molar-refractivity contribution is -0.137. The molecule has 0 spiro atoms. The number of hydrogen-bond donors (Lipinski definition) is 1. The number of amides is 1. The van der Waals surface area contributed by atoms with E-state index in [0.29, 0.717) is 24.1 Å². The van der Waals surface area contributed by atoms with Crippen LogP contribution in [0.4, 0.5) is 18.9 Å². The molecule has 158 valence electrons. The predicted octanol–water partition coefficient (Wildman–Crippen LogP) is 4.10. The number of allylic oxidation sites excluding steroid dienone is 1. The molecule has 1 N–H and O–H groups in total. The molecule has 11 heteroatoms. The molecule has 0 radical (unpaired) electrons. The number of rotatable bonds is 8. The van der Waals surface area contributed by atoms with Crippen molar-refractivity contribution in [2.45, 2.75) is 31.3 Å². The number of halogens is 3. The number of carbonyl (C=O) groups is 1. The first-order valence-corrected chi connectivity index (χ1v) is 9.97. The molecule has 1 aromatic carbocycles. The van der Waals surface area contributed by atoms with Crippen LogP contribution in [-0.4, -0.2) is 36.2 Å². The number of carbonyl (C=O) groups excluding carboxylic acids is 1. The molecular formula is C19H19F3N6OS. The summed E-state index contributed by atoms with van der Waals surface area (Å²) in [5.41, 5.74) is 0.0399. The second-order valence-electron chi connectivity index (χ2n) is 6.21. The second kappa shape index (κ2) is 9.16. The van der Waals surface area contributed by atoms with Gasteiger partial charge in [-0.05, 0) is 25.1 Å². The number of aryl methyl sites for hydroxylation is 1. The SMILES string of the molecule is C=CCn1c(SCC(=O)Nc2cccc(C(F)(F)F)c2)nnc1-c1cnn(CC)c1. The molecule has 0 bridgehead atoms. The van der Waals surface area contributed by atoms with Crippen molar-refractivity contribution >= 4 is 23.4 Å². The lowest BCUT2D eigenvalue weighted by atomic mass is 10.2. The lowest BCUT2D eigenvalue weighted by Gasteiger charge is -2.10. The molecule has 3 rings (SSSR count). The van der Waals surface area contributed by atoms with Gasteiger partial charge in [0.05, 0.1) is 23.1 Å². The Bertz CT molecular complexity index is 1040. The van der Waals surface area contributed by atoms with Crippen LogP contribution >= 0.6 is 11.8 Å². The molecule has 0 atom stereocenters. The van der Waals surface area contributed by atoms with Crippen LogP contribution < -0.4 is 5.32 Å². The number of thioether (sulfide) groups is 1. The summed E-state index contributed by atoms with van der Waals surface area (Å²) in [7, 11) is 0. The van der Waals surface area contributed by atoms with Crippen LogP contribution in [0.25, 0.3) is 11.4 Å². The smallest absolute Gasteiger partial charge is 0.325 e. The van der Waals surface area contributed by atoms with Gasteiger partial charge in [-0.25, -0.2) is 0 Å². The molecule has 0 fully saturated rings. The first-order chi connectivity index (χ1) is 14.3. The molecule has 3 aromatic rings. The van der Waals surface area contributed by atoms with Crippen LogP contribution in [0.3, 0.4) is 0 Å². The van der Waals surface area contributed by atoms with E-state index in [9.17, 15) is 18.0 Å². The van der Waals surface area contributed by atoms with Gasteiger partial charge in [-0.3, -0.25) is 14.0 Å². The number of benzene rings is 1. The first-order valence-electron chi connectivity index (χ1n) is 8.98. The van der Waals surface area contributed by atoms with E-state index in [0.717, 1.165) is 29.5 Å². The average molecular weight is 436 g/mol. The monoisotopic (exact) mass is 436 g/mol. The Morgan fingerprint density at radius 3 is 2.80 bits per heavy atom. The number of aromatic nitrogens is 5. The number of anilines is 1. The van der Waals surface area contributed by atoms with Crippen molar-refractivity contribution in [2.24, 2.45) is 0 Å². The van der Waals surface area contributed by atoms with Crippen molar-refractivity contribution in [1.82, 2.24) is 24.5 Å². The van der Waals surface area contributed by atoms with Gasteiger partial charge in [-0.1, -0.05) is 23.9 Å². The number of alkyl halides is 3. The quantitative estimate of drug-likeness (QED) is 0.425. The summed E-state index contributed by atoms with van der Waals surface area (Å²) in [6.45, 7) is 6.85. The van der Waals surface area contributed by atoms with Crippen molar-refractivity contribution in [3.05, 3.63) is 54.9 Å². The molecule has 7 nitrogen and oxygen atoms in total. The molecule has 0 unspecified atom stereocenters. The Morgan fingerprint density at radius 2 is 2.13 bits per heavy atom. The molecule has 0 aliphatic heterocycles. The maximum absolute atomic E-state index is 12.8. The molecule has 30 heavy (non-hydrogen) atoms. The van der Waals surface area contributed by atoms with Gasteiger partial charge in [0.15, 0.2) is 11.0 Å². The van der Waals surface area contributed by atoms with Gasteiger partial charge in [-0.2, -0.15) is 18.3 Å². The Morgan fingerprint density at radius 1 is 1.33 bits per heavy atom. The lowest BCUT2D eigenvalue weighted by Crippen LogP contribution is -2.15. The first kappa shape index (κ1) is 21.6. The zero-order valence-corrected chi connectivity index (χ0v) is 16.9. The van der Waals surface area contributed by atoms with E-state index in [-0.39, 0.29) is 11.4 Å². The predicted molar refractivity (Wildman–Crippen MR) is 108 cm³/mol. The van der Waals surface area contributed by atoms with Crippen LogP contribution in [0.15, 0.2) is 54.5 Å². The van der Waals surface area contributed by atoms with Crippen molar-refractivity contribution in [3.63, 3.8) is 0 Å². The van der Waals surface area contributed by atoms with Crippen LogP contribution in [0, 0.1) is 0 Å². The zero-order valence-electron chi connectivity index (χ0n) is 16.1. The summed E-state index contributed by atoms with van der Waals surface area (Å²) in [5, 5.41) is 15.5. The third-order valence-electron chi connectivity index (χ3n) is 4.05. The fraction of sp³-hybridized carbons (Fsp3) is 0.263. The molecule has 0 saturated carbocycles. The van der Waals surface area contributed by atoms with Crippen molar-refractivity contribution < 1.29 is 18.0 Å². The van der Waals surface area contributed by atoms with Crippen molar-refractivity contribution in [1.29, 1.82) is 0 Å². The van der Waals surface area contributed by atoms with E-state index in [1.165, 1.54) is 12.1 Å². The number of hydrogen-bond acceptors (Lipinski definition) is 5. The minimum atomic E-state index is -4.47. The summed E-state index contributed by atoms with van der Waals surface area (Å²) in [5.74, 6) is 0.0999. The van der Waals surface area contributed by atoms with Crippen molar-refractivity contribution in [3.8, 4) is 11.4 Å². The molecule has 1 amide bonds. The minimum Gasteiger partial charge on any atom is -0.325 e. The normalized spacial score (nSPS) is 11.5. The van der Waals surface area contributed by atoms with Gasteiger partial charge >= 0.3 is 6.18 Å². The molecule has 2 heterocycles. The highest BCUT2D eigenvalue weighted by Crippen LogP contribution is 2.31. The highest BCUT2D eigenvalue weighted by Gasteiger charge is 2.30. The third kappa shape index (κ3) is 5.09. The number of nitrogens with zero attached hydrogens (tertiary/aromatic N) is 5. The highest BCUT2D eigenvalue weighted by molar-refractivity contribution is 7.99. The summed E-state index contributed by atoms with van der Waals surface area (Å²) in [4.78, 5) is 12.2. The summed E-state index contributed by atoms with van der Waals surface area (Å²) in [6.07, 6.45) is 0.739. The van der Waals surface area contributed by atoms with Gasteiger partial charge in [0, 0.05) is 25.0 Å². The Balaban J connectivity index is 1.69. The average Bonchev–Trinajstić information content (AvgIpc) is 3.33. The third-order valence-corrected chi connectivity index (χ3v) is 5.02. The van der Waals surface area contributed by atoms with Gasteiger partial charge < -0.3 is 5.32 Å². The molecule has 0 saturated heterocycles. The van der Waals surface area contributed by atoms with E-state index < -0.39 is 17.6 Å². The summed E-state index contributed by atoms with van der Waals surface area (Å²) < 4.78 is 42.0. The standard InChI is InChI=1S/C19H19F3N6OS/c1-3-8-28-17(13-10-23-27(4-2)11-13)25-26-18(28)30-12-16(29)24-15-7-5-6-14(9-15)19(20,21)22/h3,5-7,9-11H,1,4,8,12H2,2H3,(H,24,29). The molecular weight excluding hydrogens is 417 g/mol. The Kier molecular flexibility index (Phi) is 6.60. The van der Waals surface area contributed by atoms with E-state index in [1.54, 1.807) is 21.5 Å². The van der Waals surface area contributed by atoms with Gasteiger partial charge in [0.25, 0.3) is 0 Å². The van der Waals surface area contributed by atoms with Crippen molar-refractivity contribution in [2.75, 3.05) is 11.1 Å². The largest absolute Gasteiger partial charge is 0.416 e. The topological polar surface area (TPSA) is 77.6 Å². The summed E-state index contributed by atoms with van der Waals surface area (Å²) >= 11 is 1.13. The van der Waals surface area contributed by atoms with Crippen LogP contribution in [0.5, 0.6) is 0 Å². The van der Waals surface area contributed by atoms with Gasteiger partial charge in [-0.15, -0.1) is 16.8 Å². The second-order valence-corrected chi connectivity index (χ2v) is 7.15. The number of nitrogens with one attached hydrogen (secondary N) is 1. The van der Waals surface area contributed by atoms with Crippen LogP contribution in [0.1, 0.15) is 12.5 Å². The molecule has 2 aromatic heterocycles. The van der Waals surface area contributed by atoms with Gasteiger partial charge in [0.1, 0.15) is 0 Å². The molecule has 0 aliphatic carbocycles. The fourth-order valence-electron chi connectivity index (χ4n) is 2.66. The van der Waals surface area contributed by atoms with E-state index in [1.807, 2.05) is 13.1 Å². The van der Waals surface area contributed by atoms with E-state index in [2.05, 4.69) is 27.2 Å². The summed E-state index contributed by atoms with van der Waals surface area (Å²) in [6, 6.07) is 4.49. The maximum Gasteiger partial charge on any atom is 0.416 e. The van der Waals surface area contributed by atoms with E-state index in [4.69, 9.17) is 0 Å². The van der Waals surface area contributed by atoms with E-state index >= 15 is 0 Å². The van der Waals surface area contributed by atoms with Gasteiger partial charge in [0.2, 0.25) is 5.91 Å². The molecule has 0 aliphatic rings. The fourth-order valence-corrected chi connectivity index (χ4v) is 3.40. The highest BCUT2D eigenvalue weighted by atomic mass is 32.2. The Labute approximate surface area is 175 Å². The minimum absolute atomic E-state index is 0.0419. The van der Waals surface area contributed by atoms with Crippen LogP contribution in [-0.2, 0) is 24.1 Å². The zero-order chi connectivity index (χ0) is 21.7. The maximum atomic E-state index is 12.8. The Hall–Kier alpha value is -3.08. The van der Waals surface area contributed by atoms with Crippen LogP contribution in [0.2, 0.25) is 0 Å².